The molecule has 2 rings (SSSR count). The van der Waals surface area contributed by atoms with Crippen LogP contribution in [0.1, 0.15) is 43.5 Å². The van der Waals surface area contributed by atoms with E-state index in [1.807, 2.05) is 13.8 Å². The van der Waals surface area contributed by atoms with Gasteiger partial charge in [-0.15, -0.1) is 0 Å². The number of carbonyl (C=O) groups is 1. The van der Waals surface area contributed by atoms with Crippen molar-refractivity contribution in [1.29, 1.82) is 0 Å². The lowest BCUT2D eigenvalue weighted by atomic mass is 9.83. The van der Waals surface area contributed by atoms with Gasteiger partial charge in [0.1, 0.15) is 5.82 Å². The van der Waals surface area contributed by atoms with Crippen LogP contribution in [0.15, 0.2) is 23.1 Å². The van der Waals surface area contributed by atoms with Crippen molar-refractivity contribution in [2.45, 2.75) is 43.3 Å². The van der Waals surface area contributed by atoms with Crippen LogP contribution in [0.4, 0.5) is 4.39 Å². The van der Waals surface area contributed by atoms with Gasteiger partial charge in [-0.05, 0) is 49.3 Å². The van der Waals surface area contributed by atoms with Crippen LogP contribution in [0.25, 0.3) is 0 Å². The number of halogens is 1. The van der Waals surface area contributed by atoms with E-state index in [9.17, 15) is 17.6 Å². The number of rotatable bonds is 3. The molecular weight excluding hydrogens is 295 g/mol. The van der Waals surface area contributed by atoms with Gasteiger partial charge in [-0.2, -0.15) is 0 Å². The van der Waals surface area contributed by atoms with Gasteiger partial charge in [0.25, 0.3) is 0 Å². The molecule has 1 aromatic rings. The highest BCUT2D eigenvalue weighted by molar-refractivity contribution is 7.92. The van der Waals surface area contributed by atoms with Crippen molar-refractivity contribution in [2.24, 2.45) is 11.8 Å². The zero-order chi connectivity index (χ0) is 15.8. The van der Waals surface area contributed by atoms with Gasteiger partial charge in [-0.1, -0.05) is 13.8 Å². The first-order valence-electron chi connectivity index (χ1n) is 6.98. The molecule has 1 saturated carbocycles. The number of benzene rings is 1. The molecule has 21 heavy (non-hydrogen) atoms. The van der Waals surface area contributed by atoms with Crippen LogP contribution >= 0.6 is 0 Å². The molecule has 116 valence electrons. The Bertz CT molecular complexity index is 644. The lowest BCUT2D eigenvalue weighted by Crippen LogP contribution is -2.31. The molecule has 0 aromatic heterocycles. The third-order valence-electron chi connectivity index (χ3n) is 4.07. The van der Waals surface area contributed by atoms with E-state index in [0.717, 1.165) is 24.6 Å². The summed E-state index contributed by atoms with van der Waals surface area (Å²) in [7, 11) is -3.63. The van der Waals surface area contributed by atoms with Crippen molar-refractivity contribution >= 4 is 15.8 Å². The normalized spacial score (nSPS) is 26.5. The topological polar surface area (TPSA) is 71.4 Å². The molecule has 0 radical (unpaired) electrons. The smallest absolute Gasteiger partial charge is 0.338 e. The van der Waals surface area contributed by atoms with Crippen LogP contribution in [0.5, 0.6) is 0 Å². The summed E-state index contributed by atoms with van der Waals surface area (Å²) in [5, 5.41) is 8.39. The highest BCUT2D eigenvalue weighted by Gasteiger charge is 2.34. The van der Waals surface area contributed by atoms with E-state index < -0.39 is 32.4 Å². The summed E-state index contributed by atoms with van der Waals surface area (Å²) in [5.41, 5.74) is -0.604. The quantitative estimate of drug-likeness (QED) is 0.870. The molecule has 0 heterocycles. The van der Waals surface area contributed by atoms with Crippen LogP contribution in [0.3, 0.4) is 0 Å². The Labute approximate surface area is 123 Å². The molecule has 2 unspecified atom stereocenters. The second-order valence-electron chi connectivity index (χ2n) is 6.03. The third-order valence-corrected chi connectivity index (χ3v) is 6.24. The molecule has 1 aromatic carbocycles. The minimum absolute atomic E-state index is 0.104. The molecule has 2 atom stereocenters. The fourth-order valence-electron chi connectivity index (χ4n) is 3.16. The summed E-state index contributed by atoms with van der Waals surface area (Å²) in [6.07, 6.45) is 2.12. The zero-order valence-corrected chi connectivity index (χ0v) is 12.9. The van der Waals surface area contributed by atoms with Crippen molar-refractivity contribution in [1.82, 2.24) is 0 Å². The van der Waals surface area contributed by atoms with E-state index in [1.165, 1.54) is 0 Å². The molecule has 1 aliphatic carbocycles. The molecule has 0 aliphatic heterocycles. The van der Waals surface area contributed by atoms with Crippen LogP contribution in [-0.4, -0.2) is 24.7 Å². The largest absolute Gasteiger partial charge is 0.478 e. The van der Waals surface area contributed by atoms with E-state index in [4.69, 9.17) is 5.11 Å². The number of sulfone groups is 1. The number of hydrogen-bond acceptors (Lipinski definition) is 3. The Kier molecular flexibility index (Phi) is 4.37. The average Bonchev–Trinajstić information content (AvgIpc) is 2.37. The van der Waals surface area contributed by atoms with Crippen molar-refractivity contribution in [3.05, 3.63) is 29.6 Å². The van der Waals surface area contributed by atoms with Gasteiger partial charge in [0.05, 0.1) is 15.7 Å². The van der Waals surface area contributed by atoms with Crippen LogP contribution in [0.2, 0.25) is 0 Å². The summed E-state index contributed by atoms with van der Waals surface area (Å²) >= 11 is 0. The van der Waals surface area contributed by atoms with Gasteiger partial charge in [-0.25, -0.2) is 17.6 Å². The van der Waals surface area contributed by atoms with Gasteiger partial charge >= 0.3 is 5.97 Å². The van der Waals surface area contributed by atoms with Crippen molar-refractivity contribution in [3.8, 4) is 0 Å². The molecular formula is C15H19FO4S. The lowest BCUT2D eigenvalue weighted by Gasteiger charge is -2.31. The Morgan fingerprint density at radius 3 is 2.29 bits per heavy atom. The number of aromatic carboxylic acids is 1. The molecule has 0 saturated heterocycles. The maximum Gasteiger partial charge on any atom is 0.338 e. The van der Waals surface area contributed by atoms with E-state index >= 15 is 0 Å². The summed E-state index contributed by atoms with van der Waals surface area (Å²) in [4.78, 5) is 10.8. The van der Waals surface area contributed by atoms with Crippen LogP contribution in [-0.2, 0) is 9.84 Å². The highest BCUT2D eigenvalue weighted by atomic mass is 32.2. The predicted octanol–water partition coefficient (Wildman–Crippen LogP) is 3.12. The van der Waals surface area contributed by atoms with E-state index in [-0.39, 0.29) is 4.90 Å². The Hall–Kier alpha value is -1.43. The number of carboxylic acids is 1. The van der Waals surface area contributed by atoms with Crippen LogP contribution < -0.4 is 0 Å². The molecule has 6 heteroatoms. The van der Waals surface area contributed by atoms with E-state index in [1.54, 1.807) is 0 Å². The molecule has 1 aliphatic rings. The monoisotopic (exact) mass is 314 g/mol. The molecule has 1 fully saturated rings. The molecule has 0 amide bonds. The molecule has 0 spiro atoms. The summed E-state index contributed by atoms with van der Waals surface area (Å²) < 4.78 is 38.7. The molecule has 1 N–H and O–H groups in total. The highest BCUT2D eigenvalue weighted by Crippen LogP contribution is 2.35. The maximum atomic E-state index is 13.4. The van der Waals surface area contributed by atoms with E-state index in [0.29, 0.717) is 24.7 Å². The molecule has 4 nitrogen and oxygen atoms in total. The first-order valence-corrected chi connectivity index (χ1v) is 8.53. The lowest BCUT2D eigenvalue weighted by molar-refractivity contribution is 0.0691. The van der Waals surface area contributed by atoms with Crippen molar-refractivity contribution < 1.29 is 22.7 Å². The fraction of sp³-hybridized carbons (Fsp3) is 0.533. The van der Waals surface area contributed by atoms with Gasteiger partial charge in [0, 0.05) is 0 Å². The summed E-state index contributed by atoms with van der Waals surface area (Å²) in [6.45, 7) is 4.04. The Morgan fingerprint density at radius 1 is 1.19 bits per heavy atom. The third kappa shape index (κ3) is 3.26. The second-order valence-corrected chi connectivity index (χ2v) is 8.26. The summed E-state index contributed by atoms with van der Waals surface area (Å²) in [5.74, 6) is -1.76. The minimum Gasteiger partial charge on any atom is -0.478 e. The minimum atomic E-state index is -3.63. The van der Waals surface area contributed by atoms with E-state index in [2.05, 4.69) is 0 Å². The van der Waals surface area contributed by atoms with Crippen molar-refractivity contribution in [3.63, 3.8) is 0 Å². The Morgan fingerprint density at radius 2 is 1.76 bits per heavy atom. The number of hydrogen-bond donors (Lipinski definition) is 1. The second kappa shape index (κ2) is 5.75. The van der Waals surface area contributed by atoms with Gasteiger partial charge in [0.15, 0.2) is 9.84 Å². The average molecular weight is 314 g/mol. The first-order chi connectivity index (χ1) is 9.71. The fourth-order valence-corrected chi connectivity index (χ4v) is 5.25. The van der Waals surface area contributed by atoms with Gasteiger partial charge < -0.3 is 5.11 Å². The maximum absolute atomic E-state index is 13.4. The van der Waals surface area contributed by atoms with Crippen molar-refractivity contribution in [2.75, 3.05) is 0 Å². The van der Waals surface area contributed by atoms with Gasteiger partial charge in [0.2, 0.25) is 0 Å². The first kappa shape index (κ1) is 15.9. The SMILES string of the molecule is CC1CC(C)CC(S(=O)(=O)c2ccc(F)c(C(=O)O)c2)C1. The standard InChI is InChI=1S/C15H19FO4S/c1-9-5-10(2)7-12(6-9)21(19,20)11-3-4-14(16)13(8-11)15(17)18/h3-4,8-10,12H,5-7H2,1-2H3,(H,17,18). The number of carboxylic acid groups (broad SMARTS) is 1. The van der Waals surface area contributed by atoms with Gasteiger partial charge in [-0.3, -0.25) is 0 Å². The zero-order valence-electron chi connectivity index (χ0n) is 12.0. The Balaban J connectivity index is 2.40. The summed E-state index contributed by atoms with van der Waals surface area (Å²) in [6, 6.07) is 2.99. The van der Waals surface area contributed by atoms with Crippen LogP contribution in [0, 0.1) is 17.7 Å². The molecule has 0 bridgehead atoms. The predicted molar refractivity (Wildman–Crippen MR) is 76.5 cm³/mol.